The van der Waals surface area contributed by atoms with Crippen LogP contribution < -0.4 is 10.5 Å². The van der Waals surface area contributed by atoms with Gasteiger partial charge in [-0.1, -0.05) is 12.1 Å². The van der Waals surface area contributed by atoms with Crippen LogP contribution in [0.3, 0.4) is 0 Å². The number of esters is 1. The summed E-state index contributed by atoms with van der Waals surface area (Å²) in [4.78, 5) is 11.5. The molecule has 0 radical (unpaired) electrons. The fourth-order valence-electron chi connectivity index (χ4n) is 1.08. The number of nitrogens with two attached hydrogens (primary N) is 1. The summed E-state index contributed by atoms with van der Waals surface area (Å²) in [5, 5.41) is 0.251. The van der Waals surface area contributed by atoms with Gasteiger partial charge in [-0.05, 0) is 23.7 Å². The van der Waals surface area contributed by atoms with Gasteiger partial charge < -0.3 is 10.5 Å². The van der Waals surface area contributed by atoms with Crippen LogP contribution >= 0.6 is 11.5 Å². The van der Waals surface area contributed by atoms with Gasteiger partial charge in [0.15, 0.2) is 11.6 Å². The Morgan fingerprint density at radius 1 is 1.44 bits per heavy atom. The lowest BCUT2D eigenvalue weighted by Crippen LogP contribution is -2.10. The third-order valence-corrected chi connectivity index (χ3v) is 2.48. The number of hydrogen-bond donors (Lipinski definition) is 1. The van der Waals surface area contributed by atoms with Crippen LogP contribution in [0.25, 0.3) is 0 Å². The Balaban J connectivity index is 2.21. The van der Waals surface area contributed by atoms with E-state index in [1.165, 1.54) is 24.4 Å². The molecule has 0 aliphatic rings. The van der Waals surface area contributed by atoms with Crippen LogP contribution in [0.5, 0.6) is 5.75 Å². The molecule has 0 fully saturated rings. The number of halogens is 1. The second-order valence-corrected chi connectivity index (χ2v) is 3.76. The Labute approximate surface area is 94.6 Å². The summed E-state index contributed by atoms with van der Waals surface area (Å²) in [6, 6.07) is 5.65. The summed E-state index contributed by atoms with van der Waals surface area (Å²) in [5.41, 5.74) is 5.64. The molecule has 0 aliphatic heterocycles. The molecule has 0 amide bonds. The summed E-state index contributed by atoms with van der Waals surface area (Å²) in [7, 11) is 0. The summed E-state index contributed by atoms with van der Waals surface area (Å²) in [5.74, 6) is -1.44. The van der Waals surface area contributed by atoms with E-state index in [1.54, 1.807) is 6.07 Å². The number of ether oxygens (including phenoxy) is 1. The molecule has 0 saturated heterocycles. The lowest BCUT2D eigenvalue weighted by atomic mass is 10.3. The number of aromatic nitrogens is 1. The molecule has 2 rings (SSSR count). The largest absolute Gasteiger partial charge is 0.420 e. The van der Waals surface area contributed by atoms with Crippen molar-refractivity contribution in [2.75, 3.05) is 5.73 Å². The number of nitrogens with zero attached hydrogens (tertiary/aromatic N) is 1. The van der Waals surface area contributed by atoms with Crippen molar-refractivity contribution in [2.45, 2.75) is 0 Å². The fourth-order valence-corrected chi connectivity index (χ4v) is 1.59. The molecular weight excluding hydrogens is 231 g/mol. The van der Waals surface area contributed by atoms with E-state index >= 15 is 0 Å². The van der Waals surface area contributed by atoms with E-state index < -0.39 is 11.8 Å². The highest BCUT2D eigenvalue weighted by molar-refractivity contribution is 7.10. The van der Waals surface area contributed by atoms with E-state index in [4.69, 9.17) is 10.5 Å². The maximum Gasteiger partial charge on any atom is 0.348 e. The second kappa shape index (κ2) is 4.28. The zero-order valence-corrected chi connectivity index (χ0v) is 8.83. The Morgan fingerprint density at radius 2 is 2.19 bits per heavy atom. The number of benzene rings is 1. The van der Waals surface area contributed by atoms with Gasteiger partial charge in [0.1, 0.15) is 10.6 Å². The molecule has 0 spiro atoms. The van der Waals surface area contributed by atoms with Crippen LogP contribution in [0.4, 0.5) is 9.39 Å². The van der Waals surface area contributed by atoms with Crippen LogP contribution in [0.1, 0.15) is 10.4 Å². The number of para-hydroxylation sites is 1. The molecule has 2 aromatic rings. The maximum absolute atomic E-state index is 13.2. The summed E-state index contributed by atoms with van der Waals surface area (Å²) in [6.07, 6.45) is 1.29. The monoisotopic (exact) mass is 238 g/mol. The van der Waals surface area contributed by atoms with Crippen molar-refractivity contribution in [3.8, 4) is 5.75 Å². The quantitative estimate of drug-likeness (QED) is 0.642. The van der Waals surface area contributed by atoms with E-state index in [-0.39, 0.29) is 16.3 Å². The molecule has 0 atom stereocenters. The number of carbonyl (C=O) groups excluding carboxylic acids is 1. The number of nitrogen functional groups attached to an aromatic ring is 1. The normalized spacial score (nSPS) is 10.1. The molecule has 16 heavy (non-hydrogen) atoms. The first kappa shape index (κ1) is 10.6. The van der Waals surface area contributed by atoms with Gasteiger partial charge in [-0.2, -0.15) is 4.37 Å². The first-order chi connectivity index (χ1) is 7.68. The molecule has 0 bridgehead atoms. The zero-order valence-electron chi connectivity index (χ0n) is 8.01. The Bertz CT molecular complexity index is 527. The standard InChI is InChI=1S/C10H7FN2O2S/c11-7-3-1-2-4-8(7)15-10(14)6-5-13-16-9(6)12/h1-5H,12H2. The topological polar surface area (TPSA) is 65.2 Å². The number of anilines is 1. The first-order valence-electron chi connectivity index (χ1n) is 4.35. The molecule has 4 nitrogen and oxygen atoms in total. The number of rotatable bonds is 2. The van der Waals surface area contributed by atoms with E-state index in [0.717, 1.165) is 11.5 Å². The predicted molar refractivity (Wildman–Crippen MR) is 57.9 cm³/mol. The molecule has 6 heteroatoms. The summed E-state index contributed by atoms with van der Waals surface area (Å²) < 4.78 is 21.7. The average molecular weight is 238 g/mol. The van der Waals surface area contributed by atoms with Gasteiger partial charge in [-0.3, -0.25) is 0 Å². The smallest absolute Gasteiger partial charge is 0.348 e. The lowest BCUT2D eigenvalue weighted by Gasteiger charge is -2.03. The van der Waals surface area contributed by atoms with Crippen molar-refractivity contribution in [3.05, 3.63) is 41.8 Å². The minimum absolute atomic E-state index is 0.127. The van der Waals surface area contributed by atoms with Crippen molar-refractivity contribution < 1.29 is 13.9 Å². The van der Waals surface area contributed by atoms with Crippen molar-refractivity contribution in [2.24, 2.45) is 0 Å². The Kier molecular flexibility index (Phi) is 2.82. The van der Waals surface area contributed by atoms with Crippen molar-refractivity contribution in [1.29, 1.82) is 0 Å². The van der Waals surface area contributed by atoms with Gasteiger partial charge in [0, 0.05) is 0 Å². The summed E-state index contributed by atoms with van der Waals surface area (Å²) >= 11 is 0.981. The van der Waals surface area contributed by atoms with Crippen molar-refractivity contribution in [3.63, 3.8) is 0 Å². The van der Waals surface area contributed by atoms with Crippen LogP contribution in [-0.4, -0.2) is 10.3 Å². The molecule has 1 aromatic carbocycles. The highest BCUT2D eigenvalue weighted by atomic mass is 32.1. The van der Waals surface area contributed by atoms with Gasteiger partial charge >= 0.3 is 5.97 Å². The maximum atomic E-state index is 13.2. The third kappa shape index (κ3) is 2.01. The first-order valence-corrected chi connectivity index (χ1v) is 5.12. The molecular formula is C10H7FN2O2S. The molecule has 1 aromatic heterocycles. The molecule has 1 heterocycles. The van der Waals surface area contributed by atoms with Crippen LogP contribution in [0.15, 0.2) is 30.5 Å². The third-order valence-electron chi connectivity index (χ3n) is 1.86. The second-order valence-electron chi connectivity index (χ2n) is 2.92. The Hall–Kier alpha value is -1.95. The highest BCUT2D eigenvalue weighted by Crippen LogP contribution is 2.20. The van der Waals surface area contributed by atoms with Gasteiger partial charge in [0.2, 0.25) is 0 Å². The van der Waals surface area contributed by atoms with E-state index in [1.807, 2.05) is 0 Å². The highest BCUT2D eigenvalue weighted by Gasteiger charge is 2.15. The summed E-state index contributed by atoms with van der Waals surface area (Å²) in [6.45, 7) is 0. The van der Waals surface area contributed by atoms with Gasteiger partial charge in [0.05, 0.1) is 6.20 Å². The van der Waals surface area contributed by atoms with Gasteiger partial charge in [-0.15, -0.1) is 0 Å². The van der Waals surface area contributed by atoms with E-state index in [9.17, 15) is 9.18 Å². The number of hydrogen-bond acceptors (Lipinski definition) is 5. The van der Waals surface area contributed by atoms with Gasteiger partial charge in [0.25, 0.3) is 0 Å². The van der Waals surface area contributed by atoms with Crippen LogP contribution in [-0.2, 0) is 0 Å². The molecule has 0 unspecified atom stereocenters. The van der Waals surface area contributed by atoms with Crippen molar-refractivity contribution in [1.82, 2.24) is 4.37 Å². The SMILES string of the molecule is Nc1sncc1C(=O)Oc1ccccc1F. The van der Waals surface area contributed by atoms with E-state index in [0.29, 0.717) is 0 Å². The van der Waals surface area contributed by atoms with Crippen molar-refractivity contribution >= 4 is 22.5 Å². The van der Waals surface area contributed by atoms with E-state index in [2.05, 4.69) is 4.37 Å². The Morgan fingerprint density at radius 3 is 2.81 bits per heavy atom. The van der Waals surface area contributed by atoms with Crippen LogP contribution in [0, 0.1) is 5.82 Å². The lowest BCUT2D eigenvalue weighted by molar-refractivity contribution is 0.0729. The zero-order chi connectivity index (χ0) is 11.5. The molecule has 82 valence electrons. The average Bonchev–Trinajstić information content (AvgIpc) is 2.68. The molecule has 0 aliphatic carbocycles. The van der Waals surface area contributed by atoms with Gasteiger partial charge in [-0.25, -0.2) is 9.18 Å². The minimum Gasteiger partial charge on any atom is -0.420 e. The minimum atomic E-state index is -0.712. The predicted octanol–water partition coefficient (Wildman–Crippen LogP) is 2.08. The molecule has 0 saturated carbocycles. The fraction of sp³-hybridized carbons (Fsp3) is 0. The molecule has 2 N–H and O–H groups in total. The number of carbonyl (C=O) groups is 1. The van der Waals surface area contributed by atoms with Crippen LogP contribution in [0.2, 0.25) is 0 Å².